The summed E-state index contributed by atoms with van der Waals surface area (Å²) in [5.74, 6) is 0.449. The number of benzene rings is 4. The van der Waals surface area contributed by atoms with Crippen molar-refractivity contribution in [3.63, 3.8) is 0 Å². The molecule has 0 spiro atoms. The summed E-state index contributed by atoms with van der Waals surface area (Å²) in [6.45, 7) is 14.8. The normalized spacial score (nSPS) is 14.8. The maximum Gasteiger partial charge on any atom is 0.356 e. The first-order valence-corrected chi connectivity index (χ1v) is 25.6. The van der Waals surface area contributed by atoms with E-state index in [-0.39, 0.29) is 54.2 Å². The molecule has 10 rings (SSSR count). The SMILES string of the molecule is CCC[C@@H]1c2c(cc(C(=O)OCC)nc2-c2cccc(-c3cc4ccccc4o3)c2)CN1C(=O)NC(C)C.CCC[C@@H]1c2c(cc(C(N)=O)nc2-c2cccc(-c3cc4ccccc4o3)c2)CN1C(=O)NC(C)C. The molecule has 0 saturated carbocycles. The van der Waals surface area contributed by atoms with E-state index >= 15 is 0 Å². The van der Waals surface area contributed by atoms with Gasteiger partial charge in [0.2, 0.25) is 0 Å². The number of ether oxygens (including phenoxy) is 1. The molecule has 380 valence electrons. The van der Waals surface area contributed by atoms with Crippen LogP contribution in [0.3, 0.4) is 0 Å². The number of fused-ring (bicyclic) bond motifs is 4. The lowest BCUT2D eigenvalue weighted by molar-refractivity contribution is 0.0519. The van der Waals surface area contributed by atoms with E-state index in [4.69, 9.17) is 29.3 Å². The molecule has 2 aliphatic heterocycles. The predicted molar refractivity (Wildman–Crippen MR) is 288 cm³/mol. The molecule has 5 amide bonds. The molecule has 0 fully saturated rings. The molecule has 4 aromatic carbocycles. The van der Waals surface area contributed by atoms with Gasteiger partial charge < -0.3 is 39.7 Å². The fourth-order valence-electron chi connectivity index (χ4n) is 10.1. The quantitative estimate of drug-likeness (QED) is 0.0945. The number of esters is 1. The summed E-state index contributed by atoms with van der Waals surface area (Å²) in [5, 5.41) is 8.10. The highest BCUT2D eigenvalue weighted by Crippen LogP contribution is 2.45. The molecule has 2 atom stereocenters. The van der Waals surface area contributed by atoms with Crippen molar-refractivity contribution >= 4 is 45.9 Å². The van der Waals surface area contributed by atoms with Crippen LogP contribution in [-0.2, 0) is 17.8 Å². The average Bonchev–Trinajstić information content (AvgIpc) is 4.19. The molecular formula is C60H63N7O7. The standard InChI is InChI=1S/C31H33N3O4.C29H30N4O3/c1-5-10-25-28-23(18-34(25)31(36)32-19(3)4)16-24(30(35)37-6-2)33-29(28)22-13-9-12-20(15-22)27-17-21-11-7-8-14-26(21)38-27;1-4-8-23-26-21(16-33(23)29(35)31-17(2)3)14-22(28(30)34)32-27(26)20-11-7-10-18(13-20)25-15-19-9-5-6-12-24(19)36-25/h7-9,11-17,19,25H,5-6,10,18H2,1-4H3,(H,32,36);5-7,9-15,17,23H,4,8,16H2,1-3H3,(H2,30,34)(H,31,35)/t25-;23-/m11/s1. The lowest BCUT2D eigenvalue weighted by Gasteiger charge is -2.27. The number of nitrogens with two attached hydrogens (primary N) is 1. The van der Waals surface area contributed by atoms with E-state index in [1.807, 2.05) is 147 Å². The molecule has 0 saturated heterocycles. The van der Waals surface area contributed by atoms with E-state index in [9.17, 15) is 19.2 Å². The zero-order valence-electron chi connectivity index (χ0n) is 43.0. The van der Waals surface area contributed by atoms with Crippen LogP contribution in [0.4, 0.5) is 9.59 Å². The molecule has 4 aromatic heterocycles. The number of furan rings is 2. The van der Waals surface area contributed by atoms with Gasteiger partial charge in [-0.1, -0.05) is 99.5 Å². The summed E-state index contributed by atoms with van der Waals surface area (Å²) in [7, 11) is 0. The zero-order chi connectivity index (χ0) is 52.2. The summed E-state index contributed by atoms with van der Waals surface area (Å²) in [5.41, 5.74) is 16.4. The van der Waals surface area contributed by atoms with E-state index in [0.29, 0.717) is 24.5 Å². The number of para-hydroxylation sites is 2. The average molecular weight is 994 g/mol. The van der Waals surface area contributed by atoms with Gasteiger partial charge in [0.25, 0.3) is 5.91 Å². The topological polar surface area (TPSA) is 186 Å². The number of carbonyl (C=O) groups excluding carboxylic acids is 4. The minimum atomic E-state index is -0.593. The van der Waals surface area contributed by atoms with Gasteiger partial charge in [0.1, 0.15) is 34.1 Å². The number of carbonyl (C=O) groups is 4. The van der Waals surface area contributed by atoms with Crippen molar-refractivity contribution in [3.05, 3.63) is 155 Å². The number of amides is 5. The van der Waals surface area contributed by atoms with Crippen LogP contribution in [0.25, 0.3) is 67.1 Å². The van der Waals surface area contributed by atoms with Crippen LogP contribution in [-0.4, -0.2) is 62.4 Å². The van der Waals surface area contributed by atoms with E-state index in [2.05, 4.69) is 24.5 Å². The van der Waals surface area contributed by atoms with E-state index in [0.717, 1.165) is 104 Å². The molecule has 0 bridgehead atoms. The molecule has 74 heavy (non-hydrogen) atoms. The van der Waals surface area contributed by atoms with Crippen LogP contribution in [0.15, 0.2) is 130 Å². The Kier molecular flexibility index (Phi) is 15.0. The molecule has 14 nitrogen and oxygen atoms in total. The summed E-state index contributed by atoms with van der Waals surface area (Å²) in [6.07, 6.45) is 3.36. The number of hydrogen-bond acceptors (Lipinski definition) is 9. The lowest BCUT2D eigenvalue weighted by Crippen LogP contribution is -2.42. The fraction of sp³-hybridized carbons (Fsp3) is 0.300. The Morgan fingerprint density at radius 3 is 1.45 bits per heavy atom. The van der Waals surface area contributed by atoms with Gasteiger partial charge in [0.15, 0.2) is 0 Å². The summed E-state index contributed by atoms with van der Waals surface area (Å²) >= 11 is 0. The Morgan fingerprint density at radius 2 is 1.03 bits per heavy atom. The minimum absolute atomic E-state index is 0.0154. The predicted octanol–water partition coefficient (Wildman–Crippen LogP) is 13.1. The van der Waals surface area contributed by atoms with Crippen LogP contribution in [0.1, 0.15) is 129 Å². The maximum atomic E-state index is 13.2. The highest BCUT2D eigenvalue weighted by Gasteiger charge is 2.39. The van der Waals surface area contributed by atoms with Gasteiger partial charge in [-0.25, -0.2) is 24.4 Å². The molecule has 0 aliphatic carbocycles. The Bertz CT molecular complexity index is 3330. The first-order valence-electron chi connectivity index (χ1n) is 25.6. The summed E-state index contributed by atoms with van der Waals surface area (Å²) in [4.78, 5) is 64.5. The third-order valence-corrected chi connectivity index (χ3v) is 13.3. The van der Waals surface area contributed by atoms with Crippen LogP contribution < -0.4 is 16.4 Å². The van der Waals surface area contributed by atoms with Crippen molar-refractivity contribution in [1.82, 2.24) is 30.4 Å². The highest BCUT2D eigenvalue weighted by atomic mass is 16.5. The third-order valence-electron chi connectivity index (χ3n) is 13.3. The van der Waals surface area contributed by atoms with Crippen LogP contribution >= 0.6 is 0 Å². The van der Waals surface area contributed by atoms with Gasteiger partial charge in [-0.15, -0.1) is 0 Å². The number of pyridine rings is 2. The van der Waals surface area contributed by atoms with Crippen molar-refractivity contribution in [2.45, 2.75) is 111 Å². The second-order valence-electron chi connectivity index (χ2n) is 19.5. The lowest BCUT2D eigenvalue weighted by atomic mass is 9.94. The number of primary amides is 1. The molecule has 14 heteroatoms. The Hall–Kier alpha value is -8.26. The number of nitrogens with zero attached hydrogens (tertiary/aromatic N) is 4. The third kappa shape index (κ3) is 10.5. The van der Waals surface area contributed by atoms with Crippen molar-refractivity contribution < 1.29 is 32.7 Å². The van der Waals surface area contributed by atoms with Crippen LogP contribution in [0.5, 0.6) is 0 Å². The molecule has 0 unspecified atom stereocenters. The largest absolute Gasteiger partial charge is 0.461 e. The number of aromatic nitrogens is 2. The second-order valence-corrected chi connectivity index (χ2v) is 19.5. The first kappa shape index (κ1) is 50.7. The van der Waals surface area contributed by atoms with Gasteiger partial charge in [-0.05, 0) is 107 Å². The van der Waals surface area contributed by atoms with Gasteiger partial charge in [-0.2, -0.15) is 0 Å². The maximum absolute atomic E-state index is 13.2. The second kappa shape index (κ2) is 21.8. The molecular weight excluding hydrogens is 931 g/mol. The monoisotopic (exact) mass is 993 g/mol. The van der Waals surface area contributed by atoms with E-state index in [1.54, 1.807) is 19.1 Å². The Balaban J connectivity index is 0.000000182. The number of rotatable bonds is 13. The Morgan fingerprint density at radius 1 is 0.595 bits per heavy atom. The van der Waals surface area contributed by atoms with Crippen molar-refractivity contribution in [2.75, 3.05) is 6.61 Å². The Labute approximate surface area is 431 Å². The molecule has 4 N–H and O–H groups in total. The van der Waals surface area contributed by atoms with Crippen LogP contribution in [0.2, 0.25) is 0 Å². The highest BCUT2D eigenvalue weighted by molar-refractivity contribution is 5.93. The number of nitrogens with one attached hydrogen (secondary N) is 2. The number of urea groups is 2. The molecule has 8 aromatic rings. The van der Waals surface area contributed by atoms with Gasteiger partial charge >= 0.3 is 18.0 Å². The van der Waals surface area contributed by atoms with E-state index < -0.39 is 11.9 Å². The molecule has 6 heterocycles. The summed E-state index contributed by atoms with van der Waals surface area (Å²) < 4.78 is 17.5. The summed E-state index contributed by atoms with van der Waals surface area (Å²) in [6, 6.07) is 38.8. The van der Waals surface area contributed by atoms with Gasteiger partial charge in [0, 0.05) is 69.3 Å². The van der Waals surface area contributed by atoms with Gasteiger partial charge in [-0.3, -0.25) is 4.79 Å². The van der Waals surface area contributed by atoms with Crippen LogP contribution in [0, 0.1) is 0 Å². The van der Waals surface area contributed by atoms with Crippen molar-refractivity contribution in [2.24, 2.45) is 5.73 Å². The van der Waals surface area contributed by atoms with Gasteiger partial charge in [0.05, 0.1) is 30.1 Å². The van der Waals surface area contributed by atoms with Crippen molar-refractivity contribution in [3.8, 4) is 45.2 Å². The molecule has 2 aliphatic rings. The van der Waals surface area contributed by atoms with E-state index in [1.165, 1.54) is 0 Å². The number of hydrogen-bond donors (Lipinski definition) is 3. The zero-order valence-corrected chi connectivity index (χ0v) is 43.0. The minimum Gasteiger partial charge on any atom is -0.461 e. The smallest absolute Gasteiger partial charge is 0.356 e. The first-order chi connectivity index (χ1) is 35.7. The fourth-order valence-corrected chi connectivity index (χ4v) is 10.1. The molecule has 0 radical (unpaired) electrons. The van der Waals surface area contributed by atoms with Crippen molar-refractivity contribution in [1.29, 1.82) is 0 Å².